The highest BCUT2D eigenvalue weighted by molar-refractivity contribution is 9.13. The van der Waals surface area contributed by atoms with E-state index < -0.39 is 10.0 Å². The fourth-order valence-electron chi connectivity index (χ4n) is 1.38. The zero-order valence-corrected chi connectivity index (χ0v) is 14.0. The van der Waals surface area contributed by atoms with Gasteiger partial charge in [0.1, 0.15) is 0 Å². The number of sulfonamides is 1. The van der Waals surface area contributed by atoms with E-state index in [-0.39, 0.29) is 5.75 Å². The van der Waals surface area contributed by atoms with Crippen LogP contribution >= 0.6 is 31.9 Å². The molecule has 1 rings (SSSR count). The molecule has 18 heavy (non-hydrogen) atoms. The molecule has 0 aromatic heterocycles. The first-order valence-corrected chi connectivity index (χ1v) is 8.80. The molecule has 1 aromatic rings. The first-order chi connectivity index (χ1) is 8.44. The van der Waals surface area contributed by atoms with Gasteiger partial charge in [-0.25, -0.2) is 13.1 Å². The van der Waals surface area contributed by atoms with Gasteiger partial charge in [0.25, 0.3) is 0 Å². The molecule has 4 nitrogen and oxygen atoms in total. The SMILES string of the molecule is CCNS(=O)(=O)CCNCc1ccc(Br)c(Br)c1. The summed E-state index contributed by atoms with van der Waals surface area (Å²) in [6, 6.07) is 5.94. The number of halogens is 2. The lowest BCUT2D eigenvalue weighted by atomic mass is 10.2. The predicted octanol–water partition coefficient (Wildman–Crippen LogP) is 2.24. The van der Waals surface area contributed by atoms with Crippen LogP contribution < -0.4 is 10.0 Å². The van der Waals surface area contributed by atoms with Crippen molar-refractivity contribution >= 4 is 41.9 Å². The van der Waals surface area contributed by atoms with Crippen LogP contribution in [-0.2, 0) is 16.6 Å². The standard InChI is InChI=1S/C11H16Br2N2O2S/c1-2-15-18(16,17)6-5-14-8-9-3-4-10(12)11(13)7-9/h3-4,7,14-15H,2,5-6,8H2,1H3. The monoisotopic (exact) mass is 398 g/mol. The first kappa shape index (κ1) is 16.1. The van der Waals surface area contributed by atoms with Crippen LogP contribution in [0.15, 0.2) is 27.1 Å². The lowest BCUT2D eigenvalue weighted by Gasteiger charge is -2.07. The summed E-state index contributed by atoms with van der Waals surface area (Å²) in [7, 11) is -3.13. The van der Waals surface area contributed by atoms with Crippen molar-refractivity contribution in [1.82, 2.24) is 10.0 Å². The highest BCUT2D eigenvalue weighted by Crippen LogP contribution is 2.23. The van der Waals surface area contributed by atoms with Gasteiger partial charge in [-0.2, -0.15) is 0 Å². The van der Waals surface area contributed by atoms with E-state index >= 15 is 0 Å². The lowest BCUT2D eigenvalue weighted by molar-refractivity contribution is 0.578. The van der Waals surface area contributed by atoms with Crippen LogP contribution in [0.5, 0.6) is 0 Å². The van der Waals surface area contributed by atoms with Crippen molar-refractivity contribution in [1.29, 1.82) is 0 Å². The van der Waals surface area contributed by atoms with Crippen LogP contribution in [-0.4, -0.2) is 27.3 Å². The third-order valence-corrected chi connectivity index (χ3v) is 5.57. The Morgan fingerprint density at radius 2 is 1.94 bits per heavy atom. The molecule has 0 saturated carbocycles. The van der Waals surface area contributed by atoms with E-state index in [4.69, 9.17) is 0 Å². The van der Waals surface area contributed by atoms with Gasteiger partial charge in [0.2, 0.25) is 10.0 Å². The maximum Gasteiger partial charge on any atom is 0.212 e. The van der Waals surface area contributed by atoms with E-state index in [0.717, 1.165) is 14.5 Å². The third-order valence-electron chi connectivity index (χ3n) is 2.22. The molecular weight excluding hydrogens is 384 g/mol. The Kier molecular flexibility index (Phi) is 6.79. The smallest absolute Gasteiger partial charge is 0.212 e. The van der Waals surface area contributed by atoms with E-state index in [1.165, 1.54) is 0 Å². The third kappa shape index (κ3) is 5.79. The van der Waals surface area contributed by atoms with Gasteiger partial charge in [0.15, 0.2) is 0 Å². The zero-order valence-electron chi connectivity index (χ0n) is 10.0. The summed E-state index contributed by atoms with van der Waals surface area (Å²) >= 11 is 6.83. The summed E-state index contributed by atoms with van der Waals surface area (Å²) in [5.74, 6) is 0.0958. The molecule has 0 saturated heterocycles. The molecule has 0 fully saturated rings. The number of benzene rings is 1. The summed E-state index contributed by atoms with van der Waals surface area (Å²) in [6.45, 7) is 3.28. The van der Waals surface area contributed by atoms with Crippen LogP contribution in [0.2, 0.25) is 0 Å². The van der Waals surface area contributed by atoms with E-state index in [0.29, 0.717) is 19.6 Å². The number of nitrogens with one attached hydrogen (secondary N) is 2. The Bertz CT molecular complexity index is 492. The molecule has 0 aliphatic rings. The summed E-state index contributed by atoms with van der Waals surface area (Å²) in [5, 5.41) is 3.11. The van der Waals surface area contributed by atoms with Crippen molar-refractivity contribution in [3.8, 4) is 0 Å². The average Bonchev–Trinajstić information content (AvgIpc) is 2.29. The van der Waals surface area contributed by atoms with E-state index in [1.807, 2.05) is 18.2 Å². The molecular formula is C11H16Br2N2O2S. The molecule has 0 amide bonds. The maximum atomic E-state index is 11.4. The normalized spacial score (nSPS) is 11.7. The fraction of sp³-hybridized carbons (Fsp3) is 0.455. The number of hydrogen-bond acceptors (Lipinski definition) is 3. The minimum absolute atomic E-state index is 0.0958. The van der Waals surface area contributed by atoms with Gasteiger partial charge < -0.3 is 5.32 Å². The maximum absolute atomic E-state index is 11.4. The highest BCUT2D eigenvalue weighted by Gasteiger charge is 2.07. The summed E-state index contributed by atoms with van der Waals surface area (Å²) in [4.78, 5) is 0. The van der Waals surface area contributed by atoms with Crippen LogP contribution in [0.4, 0.5) is 0 Å². The largest absolute Gasteiger partial charge is 0.312 e. The van der Waals surface area contributed by atoms with Crippen molar-refractivity contribution in [3.05, 3.63) is 32.7 Å². The quantitative estimate of drug-likeness (QED) is 0.691. The lowest BCUT2D eigenvalue weighted by Crippen LogP contribution is -2.31. The molecule has 0 atom stereocenters. The second-order valence-corrected chi connectivity index (χ2v) is 7.38. The predicted molar refractivity (Wildman–Crippen MR) is 81.0 cm³/mol. The molecule has 102 valence electrons. The topological polar surface area (TPSA) is 58.2 Å². The Balaban J connectivity index is 2.36. The molecule has 0 radical (unpaired) electrons. The Hall–Kier alpha value is 0.0500. The molecule has 0 bridgehead atoms. The number of hydrogen-bond donors (Lipinski definition) is 2. The first-order valence-electron chi connectivity index (χ1n) is 5.56. The Labute approximate surface area is 125 Å². The van der Waals surface area contributed by atoms with Gasteiger partial charge in [0.05, 0.1) is 5.75 Å². The van der Waals surface area contributed by atoms with Crippen LogP contribution in [0, 0.1) is 0 Å². The molecule has 0 aliphatic heterocycles. The molecule has 2 N–H and O–H groups in total. The summed E-state index contributed by atoms with van der Waals surface area (Å²) < 4.78 is 27.2. The summed E-state index contributed by atoms with van der Waals surface area (Å²) in [5.41, 5.74) is 1.10. The van der Waals surface area contributed by atoms with Crippen molar-refractivity contribution in [2.24, 2.45) is 0 Å². The fourth-order valence-corrected chi connectivity index (χ4v) is 3.05. The van der Waals surface area contributed by atoms with E-state index in [9.17, 15) is 8.42 Å². The highest BCUT2D eigenvalue weighted by atomic mass is 79.9. The second kappa shape index (κ2) is 7.59. The number of rotatable bonds is 7. The van der Waals surface area contributed by atoms with Crippen molar-refractivity contribution in [2.75, 3.05) is 18.8 Å². The van der Waals surface area contributed by atoms with Crippen LogP contribution in [0.1, 0.15) is 12.5 Å². The van der Waals surface area contributed by atoms with Gasteiger partial charge in [-0.05, 0) is 49.6 Å². The average molecular weight is 400 g/mol. The van der Waals surface area contributed by atoms with Gasteiger partial charge in [0, 0.05) is 28.6 Å². The molecule has 1 aromatic carbocycles. The zero-order chi connectivity index (χ0) is 13.6. The minimum atomic E-state index is -3.13. The van der Waals surface area contributed by atoms with E-state index in [2.05, 4.69) is 41.9 Å². The molecule has 0 unspecified atom stereocenters. The van der Waals surface area contributed by atoms with Crippen molar-refractivity contribution < 1.29 is 8.42 Å². The van der Waals surface area contributed by atoms with Crippen LogP contribution in [0.25, 0.3) is 0 Å². The van der Waals surface area contributed by atoms with Crippen molar-refractivity contribution in [3.63, 3.8) is 0 Å². The van der Waals surface area contributed by atoms with Gasteiger partial charge >= 0.3 is 0 Å². The van der Waals surface area contributed by atoms with Gasteiger partial charge in [-0.1, -0.05) is 13.0 Å². The van der Waals surface area contributed by atoms with Crippen LogP contribution in [0.3, 0.4) is 0 Å². The Morgan fingerprint density at radius 3 is 2.56 bits per heavy atom. The minimum Gasteiger partial charge on any atom is -0.312 e. The van der Waals surface area contributed by atoms with Gasteiger partial charge in [-0.15, -0.1) is 0 Å². The van der Waals surface area contributed by atoms with Crippen molar-refractivity contribution in [2.45, 2.75) is 13.5 Å². The van der Waals surface area contributed by atoms with E-state index in [1.54, 1.807) is 6.92 Å². The second-order valence-electron chi connectivity index (χ2n) is 3.74. The molecule has 0 heterocycles. The molecule has 0 aliphatic carbocycles. The van der Waals surface area contributed by atoms with Gasteiger partial charge in [-0.3, -0.25) is 0 Å². The Morgan fingerprint density at radius 1 is 1.22 bits per heavy atom. The summed E-state index contributed by atoms with van der Waals surface area (Å²) in [6.07, 6.45) is 0. The molecule has 0 spiro atoms. The molecule has 7 heteroatoms.